The largest absolute Gasteiger partial charge is 0.388 e. The van der Waals surface area contributed by atoms with Crippen LogP contribution in [0.5, 0.6) is 0 Å². The number of rotatable bonds is 4. The molecule has 144 valence electrons. The summed E-state index contributed by atoms with van der Waals surface area (Å²) in [5.74, 6) is -0.426. The molecule has 2 aromatic rings. The highest BCUT2D eigenvalue weighted by molar-refractivity contribution is 5.96. The monoisotopic (exact) mass is 371 g/mol. The van der Waals surface area contributed by atoms with Gasteiger partial charge in [-0.1, -0.05) is 37.3 Å². The van der Waals surface area contributed by atoms with Gasteiger partial charge in [0.2, 0.25) is 0 Å². The topological polar surface area (TPSA) is 60.8 Å². The Morgan fingerprint density at radius 3 is 2.70 bits per heavy atom. The van der Waals surface area contributed by atoms with E-state index < -0.39 is 11.7 Å². The summed E-state index contributed by atoms with van der Waals surface area (Å²) in [6.07, 6.45) is 0.292. The third-order valence-corrected chi connectivity index (χ3v) is 5.61. The van der Waals surface area contributed by atoms with E-state index in [0.29, 0.717) is 36.9 Å². The molecular weight excluding hydrogens is 345 g/mol. The second-order valence-corrected chi connectivity index (χ2v) is 7.39. The van der Waals surface area contributed by atoms with Crippen molar-refractivity contribution in [3.63, 3.8) is 0 Å². The number of carbonyl (C=O) groups is 1. The van der Waals surface area contributed by atoms with Crippen molar-refractivity contribution in [1.82, 2.24) is 4.90 Å². The average Bonchev–Trinajstić information content (AvgIpc) is 2.67. The van der Waals surface area contributed by atoms with Crippen LogP contribution in [0.1, 0.15) is 46.8 Å². The number of benzene rings is 2. The number of piperidine rings is 1. The molecule has 0 saturated carbocycles. The molecule has 0 aromatic heterocycles. The van der Waals surface area contributed by atoms with E-state index >= 15 is 0 Å². The maximum atomic E-state index is 13.9. The van der Waals surface area contributed by atoms with Crippen molar-refractivity contribution < 1.29 is 19.4 Å². The van der Waals surface area contributed by atoms with Gasteiger partial charge in [0.25, 0.3) is 5.91 Å². The average molecular weight is 371 g/mol. The minimum atomic E-state index is -1.13. The summed E-state index contributed by atoms with van der Waals surface area (Å²) in [6, 6.07) is 12.4. The molecule has 2 aromatic carbocycles. The molecule has 2 atom stereocenters. The molecule has 2 N–H and O–H groups in total. The number of aliphatic hydroxyl groups excluding tert-OH is 1. The molecule has 1 fully saturated rings. The lowest BCUT2D eigenvalue weighted by Gasteiger charge is -2.41. The summed E-state index contributed by atoms with van der Waals surface area (Å²) in [4.78, 5) is 14.6. The van der Waals surface area contributed by atoms with Crippen LogP contribution >= 0.6 is 0 Å². The van der Waals surface area contributed by atoms with Crippen molar-refractivity contribution in [2.45, 2.75) is 44.8 Å². The lowest BCUT2D eigenvalue weighted by Crippen LogP contribution is -2.56. The zero-order valence-corrected chi connectivity index (χ0v) is 15.8. The van der Waals surface area contributed by atoms with Gasteiger partial charge in [-0.15, -0.1) is 0 Å². The number of aliphatic hydroxyl groups is 2. The van der Waals surface area contributed by atoms with E-state index in [2.05, 4.69) is 0 Å². The van der Waals surface area contributed by atoms with Crippen molar-refractivity contribution in [1.29, 1.82) is 0 Å². The Hall–Kier alpha value is -2.24. The Kier molecular flexibility index (Phi) is 5.63. The maximum Gasteiger partial charge on any atom is 0.254 e. The van der Waals surface area contributed by atoms with Gasteiger partial charge >= 0.3 is 0 Å². The molecule has 4 nitrogen and oxygen atoms in total. The number of hydrogen-bond donors (Lipinski definition) is 2. The Morgan fingerprint density at radius 1 is 1.30 bits per heavy atom. The summed E-state index contributed by atoms with van der Waals surface area (Å²) in [5.41, 5.74) is 1.63. The fourth-order valence-electron chi connectivity index (χ4n) is 3.58. The van der Waals surface area contributed by atoms with Crippen molar-refractivity contribution in [2.75, 3.05) is 13.1 Å². The quantitative estimate of drug-likeness (QED) is 0.868. The van der Waals surface area contributed by atoms with E-state index in [1.807, 2.05) is 25.1 Å². The molecule has 0 bridgehead atoms. The number of halogens is 1. The van der Waals surface area contributed by atoms with Crippen LogP contribution in [0.4, 0.5) is 4.39 Å². The van der Waals surface area contributed by atoms with Crippen LogP contribution in [0.2, 0.25) is 0 Å². The first-order chi connectivity index (χ1) is 12.8. The van der Waals surface area contributed by atoms with Gasteiger partial charge in [-0.05, 0) is 55.0 Å². The van der Waals surface area contributed by atoms with Crippen molar-refractivity contribution >= 4 is 5.91 Å². The van der Waals surface area contributed by atoms with Crippen LogP contribution in [0.3, 0.4) is 0 Å². The fraction of sp³-hybridized carbons (Fsp3) is 0.409. The van der Waals surface area contributed by atoms with Gasteiger partial charge < -0.3 is 15.1 Å². The number of carbonyl (C=O) groups excluding carboxylic acids is 1. The fourth-order valence-corrected chi connectivity index (χ4v) is 3.58. The smallest absolute Gasteiger partial charge is 0.254 e. The summed E-state index contributed by atoms with van der Waals surface area (Å²) in [6.45, 7) is 4.05. The number of nitrogens with zero attached hydrogens (tertiary/aromatic N) is 1. The van der Waals surface area contributed by atoms with Crippen LogP contribution in [0.25, 0.3) is 0 Å². The molecule has 5 heteroatoms. The molecule has 0 spiro atoms. The van der Waals surface area contributed by atoms with Crippen LogP contribution in [-0.2, 0) is 6.42 Å². The molecule has 27 heavy (non-hydrogen) atoms. The van der Waals surface area contributed by atoms with E-state index in [1.165, 1.54) is 6.07 Å². The third kappa shape index (κ3) is 4.04. The van der Waals surface area contributed by atoms with E-state index in [0.717, 1.165) is 11.1 Å². The summed E-state index contributed by atoms with van der Waals surface area (Å²) in [7, 11) is 0. The van der Waals surface area contributed by atoms with E-state index in [-0.39, 0.29) is 18.3 Å². The van der Waals surface area contributed by atoms with Crippen LogP contribution < -0.4 is 0 Å². The number of likely N-dealkylation sites (tertiary alicyclic amines) is 1. The molecule has 1 aliphatic rings. The number of aryl methyl sites for hydroxylation is 1. The summed E-state index contributed by atoms with van der Waals surface area (Å²) < 4.78 is 13.9. The van der Waals surface area contributed by atoms with Gasteiger partial charge in [0.15, 0.2) is 0 Å². The summed E-state index contributed by atoms with van der Waals surface area (Å²) >= 11 is 0. The molecule has 0 unspecified atom stereocenters. The highest BCUT2D eigenvalue weighted by Gasteiger charge is 2.40. The minimum absolute atomic E-state index is 0.108. The van der Waals surface area contributed by atoms with Crippen molar-refractivity contribution in [3.05, 3.63) is 70.5 Å². The van der Waals surface area contributed by atoms with Crippen LogP contribution in [-0.4, -0.2) is 45.8 Å². The van der Waals surface area contributed by atoms with Gasteiger partial charge in [-0.3, -0.25) is 4.79 Å². The van der Waals surface area contributed by atoms with Crippen LogP contribution in [0.15, 0.2) is 42.5 Å². The third-order valence-electron chi connectivity index (χ3n) is 5.61. The number of hydrogen-bond acceptors (Lipinski definition) is 3. The van der Waals surface area contributed by atoms with Gasteiger partial charge in [0.1, 0.15) is 11.9 Å². The first kappa shape index (κ1) is 19.5. The number of amides is 1. The zero-order valence-electron chi connectivity index (χ0n) is 15.8. The molecule has 1 saturated heterocycles. The predicted molar refractivity (Wildman–Crippen MR) is 102 cm³/mol. The SMILES string of the molecule is CC[C@@]1(O)CCN(C(=O)c2ccccc2Cc2ccc(C)c(F)c2)C[C@H]1O. The van der Waals surface area contributed by atoms with E-state index in [4.69, 9.17) is 0 Å². The lowest BCUT2D eigenvalue weighted by atomic mass is 9.86. The standard InChI is InChI=1S/C22H26FNO3/c1-3-22(27)10-11-24(14-20(22)25)21(26)18-7-5-4-6-17(18)12-16-9-8-15(2)19(23)13-16/h4-9,13,20,25,27H,3,10-12,14H2,1-2H3/t20-,22-/m1/s1. The second kappa shape index (κ2) is 7.79. The van der Waals surface area contributed by atoms with Crippen molar-refractivity contribution in [2.24, 2.45) is 0 Å². The van der Waals surface area contributed by atoms with E-state index in [1.54, 1.807) is 30.0 Å². The Bertz CT molecular complexity index is 838. The van der Waals surface area contributed by atoms with Gasteiger partial charge in [-0.25, -0.2) is 4.39 Å². The highest BCUT2D eigenvalue weighted by atomic mass is 19.1. The molecule has 3 rings (SSSR count). The minimum Gasteiger partial charge on any atom is -0.388 e. The lowest BCUT2D eigenvalue weighted by molar-refractivity contribution is -0.114. The van der Waals surface area contributed by atoms with Gasteiger partial charge in [0, 0.05) is 18.7 Å². The Labute approximate surface area is 159 Å². The summed E-state index contributed by atoms with van der Waals surface area (Å²) in [5, 5.41) is 20.7. The molecule has 0 aliphatic carbocycles. The normalized spacial score (nSPS) is 22.7. The molecule has 1 aliphatic heterocycles. The highest BCUT2D eigenvalue weighted by Crippen LogP contribution is 2.27. The number of β-amino-alcohol motifs (C(OH)–C–C–N with tert-alkyl or cyclic N) is 1. The zero-order chi connectivity index (χ0) is 19.6. The van der Waals surface area contributed by atoms with E-state index in [9.17, 15) is 19.4 Å². The first-order valence-electron chi connectivity index (χ1n) is 9.36. The maximum absolute atomic E-state index is 13.9. The second-order valence-electron chi connectivity index (χ2n) is 7.39. The Balaban J connectivity index is 1.81. The first-order valence-corrected chi connectivity index (χ1v) is 9.36. The van der Waals surface area contributed by atoms with Gasteiger partial charge in [-0.2, -0.15) is 0 Å². The van der Waals surface area contributed by atoms with Crippen molar-refractivity contribution in [3.8, 4) is 0 Å². The van der Waals surface area contributed by atoms with Crippen LogP contribution in [0, 0.1) is 12.7 Å². The molecule has 1 heterocycles. The molecule has 1 amide bonds. The molecular formula is C22H26FNO3. The predicted octanol–water partition coefficient (Wildman–Crippen LogP) is 3.07. The van der Waals surface area contributed by atoms with Gasteiger partial charge in [0.05, 0.1) is 5.60 Å². The molecule has 0 radical (unpaired) electrons. The Morgan fingerprint density at radius 2 is 2.04 bits per heavy atom.